The van der Waals surface area contributed by atoms with Crippen molar-refractivity contribution in [2.75, 3.05) is 13.7 Å². The SMILES string of the molecule is COCC1(c2cccc(O)c2)CC1. The molecule has 0 unspecified atom stereocenters. The molecule has 0 atom stereocenters. The first-order valence-corrected chi connectivity index (χ1v) is 4.55. The van der Waals surface area contributed by atoms with Crippen LogP contribution in [0.15, 0.2) is 24.3 Å². The van der Waals surface area contributed by atoms with E-state index in [1.165, 1.54) is 18.4 Å². The van der Waals surface area contributed by atoms with Crippen LogP contribution in [0.1, 0.15) is 18.4 Å². The first kappa shape index (κ1) is 8.57. The minimum absolute atomic E-state index is 0.202. The number of methoxy groups -OCH3 is 1. The van der Waals surface area contributed by atoms with Gasteiger partial charge in [-0.1, -0.05) is 12.1 Å². The van der Waals surface area contributed by atoms with Crippen LogP contribution in [0.5, 0.6) is 5.75 Å². The average Bonchev–Trinajstić information content (AvgIpc) is 2.86. The fourth-order valence-corrected chi connectivity index (χ4v) is 1.78. The Morgan fingerprint density at radius 1 is 1.46 bits per heavy atom. The molecule has 70 valence electrons. The summed E-state index contributed by atoms with van der Waals surface area (Å²) in [7, 11) is 1.73. The zero-order chi connectivity index (χ0) is 9.31. The van der Waals surface area contributed by atoms with Gasteiger partial charge in [0.1, 0.15) is 5.75 Å². The van der Waals surface area contributed by atoms with Crippen molar-refractivity contribution in [3.63, 3.8) is 0 Å². The Kier molecular flexibility index (Phi) is 2.00. The van der Waals surface area contributed by atoms with E-state index in [9.17, 15) is 5.11 Å². The molecule has 1 aliphatic rings. The van der Waals surface area contributed by atoms with Crippen LogP contribution in [0.4, 0.5) is 0 Å². The molecule has 0 amide bonds. The highest BCUT2D eigenvalue weighted by molar-refractivity contribution is 5.36. The lowest BCUT2D eigenvalue weighted by molar-refractivity contribution is 0.171. The Morgan fingerprint density at radius 3 is 2.77 bits per heavy atom. The van der Waals surface area contributed by atoms with Gasteiger partial charge in [-0.15, -0.1) is 0 Å². The van der Waals surface area contributed by atoms with E-state index >= 15 is 0 Å². The molecule has 0 aliphatic heterocycles. The van der Waals surface area contributed by atoms with Crippen molar-refractivity contribution in [3.8, 4) is 5.75 Å². The smallest absolute Gasteiger partial charge is 0.115 e. The molecule has 1 saturated carbocycles. The third kappa shape index (κ3) is 1.54. The van der Waals surface area contributed by atoms with Gasteiger partial charge in [-0.3, -0.25) is 0 Å². The van der Waals surface area contributed by atoms with Gasteiger partial charge in [-0.05, 0) is 30.5 Å². The standard InChI is InChI=1S/C11H14O2/c1-13-8-11(5-6-11)9-3-2-4-10(12)7-9/h2-4,7,12H,5-6,8H2,1H3. The van der Waals surface area contributed by atoms with E-state index in [1.807, 2.05) is 12.1 Å². The molecular formula is C11H14O2. The van der Waals surface area contributed by atoms with Gasteiger partial charge < -0.3 is 9.84 Å². The maximum Gasteiger partial charge on any atom is 0.115 e. The maximum absolute atomic E-state index is 9.33. The molecule has 0 aromatic heterocycles. The summed E-state index contributed by atoms with van der Waals surface area (Å²) in [6, 6.07) is 7.49. The molecule has 1 N–H and O–H groups in total. The van der Waals surface area contributed by atoms with Crippen LogP contribution in [0.25, 0.3) is 0 Å². The summed E-state index contributed by atoms with van der Waals surface area (Å²) in [6.45, 7) is 0.760. The predicted molar refractivity (Wildman–Crippen MR) is 50.9 cm³/mol. The number of aromatic hydroxyl groups is 1. The normalized spacial score (nSPS) is 18.5. The molecular weight excluding hydrogens is 164 g/mol. The maximum atomic E-state index is 9.33. The van der Waals surface area contributed by atoms with Crippen molar-refractivity contribution >= 4 is 0 Å². The second kappa shape index (κ2) is 3.04. The summed E-state index contributed by atoms with van der Waals surface area (Å²) in [4.78, 5) is 0. The molecule has 13 heavy (non-hydrogen) atoms. The first-order valence-electron chi connectivity index (χ1n) is 4.55. The number of phenols is 1. The minimum Gasteiger partial charge on any atom is -0.508 e. The summed E-state index contributed by atoms with van der Waals surface area (Å²) in [5.74, 6) is 0.347. The van der Waals surface area contributed by atoms with Crippen LogP contribution in [-0.2, 0) is 10.2 Å². The molecule has 1 aliphatic carbocycles. The van der Waals surface area contributed by atoms with Crippen molar-refractivity contribution in [2.45, 2.75) is 18.3 Å². The summed E-state index contributed by atoms with van der Waals surface area (Å²) >= 11 is 0. The van der Waals surface area contributed by atoms with Crippen LogP contribution in [0, 0.1) is 0 Å². The summed E-state index contributed by atoms with van der Waals surface area (Å²) in [5.41, 5.74) is 1.40. The van der Waals surface area contributed by atoms with Gasteiger partial charge in [0.15, 0.2) is 0 Å². The van der Waals surface area contributed by atoms with E-state index in [-0.39, 0.29) is 5.41 Å². The molecule has 1 fully saturated rings. The van der Waals surface area contributed by atoms with Crippen molar-refractivity contribution < 1.29 is 9.84 Å². The van der Waals surface area contributed by atoms with Crippen molar-refractivity contribution in [2.24, 2.45) is 0 Å². The monoisotopic (exact) mass is 178 g/mol. The van der Waals surface area contributed by atoms with E-state index in [4.69, 9.17) is 4.74 Å². The lowest BCUT2D eigenvalue weighted by Crippen LogP contribution is -2.13. The van der Waals surface area contributed by atoms with E-state index < -0.39 is 0 Å². The van der Waals surface area contributed by atoms with Gasteiger partial charge in [0.25, 0.3) is 0 Å². The molecule has 0 bridgehead atoms. The molecule has 1 aromatic rings. The third-order valence-electron chi connectivity index (χ3n) is 2.73. The van der Waals surface area contributed by atoms with Crippen LogP contribution < -0.4 is 0 Å². The molecule has 0 saturated heterocycles. The summed E-state index contributed by atoms with van der Waals surface area (Å²) < 4.78 is 5.18. The summed E-state index contributed by atoms with van der Waals surface area (Å²) in [6.07, 6.45) is 2.34. The van der Waals surface area contributed by atoms with Crippen LogP contribution in [-0.4, -0.2) is 18.8 Å². The van der Waals surface area contributed by atoms with E-state index in [0.29, 0.717) is 5.75 Å². The molecule has 1 aromatic carbocycles. The van der Waals surface area contributed by atoms with E-state index in [0.717, 1.165) is 6.61 Å². The topological polar surface area (TPSA) is 29.5 Å². The molecule has 2 nitrogen and oxygen atoms in total. The van der Waals surface area contributed by atoms with Crippen molar-refractivity contribution in [1.82, 2.24) is 0 Å². The van der Waals surface area contributed by atoms with Gasteiger partial charge in [0.05, 0.1) is 6.61 Å². The van der Waals surface area contributed by atoms with Crippen LogP contribution in [0.2, 0.25) is 0 Å². The lowest BCUT2D eigenvalue weighted by atomic mass is 9.97. The number of hydrogen-bond donors (Lipinski definition) is 1. The summed E-state index contributed by atoms with van der Waals surface area (Å²) in [5, 5.41) is 9.33. The van der Waals surface area contributed by atoms with Gasteiger partial charge in [0.2, 0.25) is 0 Å². The van der Waals surface area contributed by atoms with Crippen molar-refractivity contribution in [1.29, 1.82) is 0 Å². The highest BCUT2D eigenvalue weighted by atomic mass is 16.5. The van der Waals surface area contributed by atoms with E-state index in [2.05, 4.69) is 6.07 Å². The number of ether oxygens (including phenoxy) is 1. The Morgan fingerprint density at radius 2 is 2.23 bits per heavy atom. The average molecular weight is 178 g/mol. The number of phenolic OH excluding ortho intramolecular Hbond substituents is 1. The van der Waals surface area contributed by atoms with E-state index in [1.54, 1.807) is 13.2 Å². The van der Waals surface area contributed by atoms with Crippen LogP contribution in [0.3, 0.4) is 0 Å². The Balaban J connectivity index is 2.25. The fraction of sp³-hybridized carbons (Fsp3) is 0.455. The molecule has 0 spiro atoms. The Bertz CT molecular complexity index is 303. The van der Waals surface area contributed by atoms with Crippen molar-refractivity contribution in [3.05, 3.63) is 29.8 Å². The number of hydrogen-bond acceptors (Lipinski definition) is 2. The zero-order valence-electron chi connectivity index (χ0n) is 7.79. The second-order valence-corrected chi connectivity index (χ2v) is 3.76. The minimum atomic E-state index is 0.202. The Hall–Kier alpha value is -1.02. The zero-order valence-corrected chi connectivity index (χ0v) is 7.79. The largest absolute Gasteiger partial charge is 0.508 e. The highest BCUT2D eigenvalue weighted by Crippen LogP contribution is 2.48. The molecule has 0 heterocycles. The van der Waals surface area contributed by atoms with Gasteiger partial charge >= 0.3 is 0 Å². The first-order chi connectivity index (χ1) is 6.27. The van der Waals surface area contributed by atoms with Gasteiger partial charge in [-0.25, -0.2) is 0 Å². The quantitative estimate of drug-likeness (QED) is 0.767. The van der Waals surface area contributed by atoms with Gasteiger partial charge in [0, 0.05) is 12.5 Å². The molecule has 0 radical (unpaired) electrons. The highest BCUT2D eigenvalue weighted by Gasteiger charge is 2.44. The second-order valence-electron chi connectivity index (χ2n) is 3.76. The predicted octanol–water partition coefficient (Wildman–Crippen LogP) is 2.07. The fourth-order valence-electron chi connectivity index (χ4n) is 1.78. The lowest BCUT2D eigenvalue weighted by Gasteiger charge is -2.14. The number of rotatable bonds is 3. The third-order valence-corrected chi connectivity index (χ3v) is 2.73. The van der Waals surface area contributed by atoms with Gasteiger partial charge in [-0.2, -0.15) is 0 Å². The molecule has 2 rings (SSSR count). The molecule has 2 heteroatoms. The number of benzene rings is 1. The van der Waals surface area contributed by atoms with Crippen LogP contribution >= 0.6 is 0 Å². The Labute approximate surface area is 78.2 Å².